The average molecular weight is 887 g/mol. The highest BCUT2D eigenvalue weighted by molar-refractivity contribution is 5.73. The Labute approximate surface area is 349 Å². The van der Waals surface area contributed by atoms with Gasteiger partial charge in [-0.05, 0) is 6.42 Å². The van der Waals surface area contributed by atoms with E-state index >= 15 is 0 Å². The Hall–Kier alpha value is -2.84. The molecular formula is C35H58N4O22-2. The minimum absolute atomic E-state index is 0.253. The number of hydrogen-bond donors (Lipinski definition) is 12. The van der Waals surface area contributed by atoms with Gasteiger partial charge in [0.25, 0.3) is 0 Å². The number of rotatable bonds is 20. The number of aliphatic hydroxyl groups excluding tert-OH is 8. The van der Waals surface area contributed by atoms with Crippen molar-refractivity contribution in [2.75, 3.05) is 53.7 Å². The van der Waals surface area contributed by atoms with E-state index < -0.39 is 185 Å². The second-order valence-corrected chi connectivity index (χ2v) is 15.1. The molecule has 352 valence electrons. The number of amides is 2. The maximum absolute atomic E-state index is 12.5. The molecule has 20 unspecified atom stereocenters. The van der Waals surface area contributed by atoms with E-state index in [1.807, 2.05) is 0 Å². The van der Waals surface area contributed by atoms with Crippen LogP contribution < -0.4 is 31.5 Å². The van der Waals surface area contributed by atoms with Crippen LogP contribution in [-0.4, -0.2) is 235 Å². The summed E-state index contributed by atoms with van der Waals surface area (Å²) in [5.74, 6) is -5.60. The first kappa shape index (κ1) is 50.8. The number of carbonyl (C=O) groups is 4. The average Bonchev–Trinajstić information content (AvgIpc) is 3.21. The predicted molar refractivity (Wildman–Crippen MR) is 191 cm³/mol. The molecule has 0 aromatic carbocycles. The molecule has 61 heavy (non-hydrogen) atoms. The molecule has 0 radical (unpaired) electrons. The van der Waals surface area contributed by atoms with Gasteiger partial charge in [0.05, 0.1) is 62.1 Å². The Morgan fingerprint density at radius 1 is 0.557 bits per heavy atom. The molecule has 1 aliphatic carbocycles. The second kappa shape index (κ2) is 23.2. The van der Waals surface area contributed by atoms with Crippen LogP contribution in [0.15, 0.2) is 0 Å². The molecule has 0 spiro atoms. The topological polar surface area (TPSA) is 398 Å². The number of carboxylic acid groups (broad SMARTS) is 2. The molecule has 4 rings (SSSR count). The zero-order valence-corrected chi connectivity index (χ0v) is 33.8. The Kier molecular flexibility index (Phi) is 19.3. The van der Waals surface area contributed by atoms with Crippen LogP contribution in [-0.2, 0) is 57.1 Å². The lowest BCUT2D eigenvalue weighted by atomic mass is 9.79. The van der Waals surface area contributed by atoms with Crippen molar-refractivity contribution in [3.63, 3.8) is 0 Å². The zero-order valence-electron chi connectivity index (χ0n) is 33.8. The van der Waals surface area contributed by atoms with Gasteiger partial charge >= 0.3 is 0 Å². The number of ether oxygens (including phenoxy) is 8. The number of carbonyl (C=O) groups excluding carboxylic acids is 4. The summed E-state index contributed by atoms with van der Waals surface area (Å²) < 4.78 is 46.4. The van der Waals surface area contributed by atoms with Gasteiger partial charge in [-0.1, -0.05) is 0 Å². The van der Waals surface area contributed by atoms with Crippen molar-refractivity contribution in [3.8, 4) is 0 Å². The molecule has 26 nitrogen and oxygen atoms in total. The van der Waals surface area contributed by atoms with Crippen molar-refractivity contribution >= 4 is 23.8 Å². The second-order valence-electron chi connectivity index (χ2n) is 15.1. The van der Waals surface area contributed by atoms with Crippen LogP contribution in [0.2, 0.25) is 0 Å². The van der Waals surface area contributed by atoms with E-state index in [9.17, 15) is 70.2 Å². The van der Waals surface area contributed by atoms with Crippen molar-refractivity contribution in [1.29, 1.82) is 0 Å². The third kappa shape index (κ3) is 12.2. The lowest BCUT2D eigenvalue weighted by molar-refractivity contribution is -0.345. The SMILES string of the molecule is COC1OC(CO)C(OC2CC(CO)C(OC3OC(CO)C(OC4OC(CO)C(OC)C(O)C4NC(C)=O)C(O)C3NCC(=O)[O-])C(O)C2NC(C)=O)C(O)C1NCC(=O)[O-]. The number of carboxylic acids is 2. The standard InChI is InChI=1S/C35H60N4O22/c1-12(44)38-21-15(56-31-17(10-42)57-33(55-4)22(26(31)51)36-6-19(46)47)5-14(8-40)29(25(21)50)60-34-23(37-7-20(48)49)27(52)32(18(11-43)59-34)61-35-24(39-13(2)45)28(53)30(54-3)16(9-41)58-35/h14-18,21-37,40-43,50-53H,5-11H2,1-4H3,(H,38,44)(H,39,45)(H,46,47)(H,48,49)/p-2. The molecule has 4 aliphatic rings. The summed E-state index contributed by atoms with van der Waals surface area (Å²) in [6.45, 7) is -2.46. The Balaban J connectivity index is 1.62. The molecule has 26 heteroatoms. The van der Waals surface area contributed by atoms with Crippen molar-refractivity contribution in [2.24, 2.45) is 5.92 Å². The number of hydrogen-bond acceptors (Lipinski definition) is 24. The van der Waals surface area contributed by atoms with Gasteiger partial charge in [0.15, 0.2) is 18.9 Å². The normalized spacial score (nSPS) is 41.8. The summed E-state index contributed by atoms with van der Waals surface area (Å²) in [4.78, 5) is 47.4. The highest BCUT2D eigenvalue weighted by Crippen LogP contribution is 2.37. The minimum Gasteiger partial charge on any atom is -0.549 e. The van der Waals surface area contributed by atoms with E-state index in [4.69, 9.17) is 37.9 Å². The first-order chi connectivity index (χ1) is 28.9. The van der Waals surface area contributed by atoms with Crippen molar-refractivity contribution in [3.05, 3.63) is 0 Å². The molecule has 3 aliphatic heterocycles. The molecule has 0 aromatic heterocycles. The van der Waals surface area contributed by atoms with Crippen LogP contribution >= 0.6 is 0 Å². The molecule has 12 N–H and O–H groups in total. The Morgan fingerprint density at radius 2 is 0.967 bits per heavy atom. The van der Waals surface area contributed by atoms with Crippen LogP contribution in [0.3, 0.4) is 0 Å². The molecule has 4 fully saturated rings. The molecule has 3 saturated heterocycles. The van der Waals surface area contributed by atoms with Crippen LogP contribution in [0.4, 0.5) is 0 Å². The van der Waals surface area contributed by atoms with Gasteiger partial charge in [-0.3, -0.25) is 9.59 Å². The van der Waals surface area contributed by atoms with Gasteiger partial charge < -0.3 is 120 Å². The maximum Gasteiger partial charge on any atom is 0.217 e. The number of aliphatic carboxylic acids is 2. The third-order valence-corrected chi connectivity index (χ3v) is 11.0. The van der Waals surface area contributed by atoms with E-state index in [0.717, 1.165) is 13.8 Å². The van der Waals surface area contributed by atoms with Crippen molar-refractivity contribution in [2.45, 2.75) is 137 Å². The highest BCUT2D eigenvalue weighted by atomic mass is 16.7. The number of nitrogens with one attached hydrogen (secondary N) is 4. The fourth-order valence-electron chi connectivity index (χ4n) is 8.20. The maximum atomic E-state index is 12.5. The monoisotopic (exact) mass is 886 g/mol. The van der Waals surface area contributed by atoms with E-state index in [1.165, 1.54) is 14.2 Å². The largest absolute Gasteiger partial charge is 0.549 e. The van der Waals surface area contributed by atoms with Gasteiger partial charge in [-0.2, -0.15) is 0 Å². The first-order valence-electron chi connectivity index (χ1n) is 19.5. The van der Waals surface area contributed by atoms with Gasteiger partial charge in [0.2, 0.25) is 11.8 Å². The summed E-state index contributed by atoms with van der Waals surface area (Å²) in [5.41, 5.74) is 0. The summed E-state index contributed by atoms with van der Waals surface area (Å²) in [6.07, 6.45) is -22.8. The fraction of sp³-hybridized carbons (Fsp3) is 0.886. The van der Waals surface area contributed by atoms with E-state index in [0.29, 0.717) is 0 Å². The van der Waals surface area contributed by atoms with Crippen LogP contribution in [0.5, 0.6) is 0 Å². The Morgan fingerprint density at radius 3 is 1.43 bits per heavy atom. The van der Waals surface area contributed by atoms with E-state index in [-0.39, 0.29) is 6.42 Å². The number of methoxy groups -OCH3 is 2. The summed E-state index contributed by atoms with van der Waals surface area (Å²) in [5, 5.41) is 120. The summed E-state index contributed by atoms with van der Waals surface area (Å²) >= 11 is 0. The van der Waals surface area contributed by atoms with Crippen LogP contribution in [0.1, 0.15) is 20.3 Å². The molecule has 1 saturated carbocycles. The van der Waals surface area contributed by atoms with Gasteiger partial charge in [-0.15, -0.1) is 0 Å². The Bertz CT molecular complexity index is 1440. The predicted octanol–water partition coefficient (Wildman–Crippen LogP) is -10.8. The third-order valence-electron chi connectivity index (χ3n) is 11.0. The lowest BCUT2D eigenvalue weighted by Crippen LogP contribution is -2.71. The molecule has 0 aromatic rings. The van der Waals surface area contributed by atoms with Crippen molar-refractivity contribution < 1.29 is 108 Å². The first-order valence-corrected chi connectivity index (χ1v) is 19.5. The summed E-state index contributed by atoms with van der Waals surface area (Å²) in [7, 11) is 2.44. The summed E-state index contributed by atoms with van der Waals surface area (Å²) in [6, 6.07) is -5.62. The zero-order chi connectivity index (χ0) is 45.3. The van der Waals surface area contributed by atoms with E-state index in [2.05, 4.69) is 21.3 Å². The van der Waals surface area contributed by atoms with Gasteiger partial charge in [0, 0.05) is 53.7 Å². The molecule has 0 bridgehead atoms. The van der Waals surface area contributed by atoms with Crippen LogP contribution in [0, 0.1) is 5.92 Å². The highest BCUT2D eigenvalue weighted by Gasteiger charge is 2.55. The molecule has 2 amide bonds. The quantitative estimate of drug-likeness (QED) is 0.0540. The minimum atomic E-state index is -1.88. The lowest BCUT2D eigenvalue weighted by Gasteiger charge is -2.51. The molecular weight excluding hydrogens is 828 g/mol. The molecule has 20 atom stereocenters. The number of aliphatic hydroxyl groups is 8. The molecule has 3 heterocycles. The van der Waals surface area contributed by atoms with Crippen molar-refractivity contribution in [1.82, 2.24) is 21.3 Å². The smallest absolute Gasteiger partial charge is 0.217 e. The van der Waals surface area contributed by atoms with Crippen LogP contribution in [0.25, 0.3) is 0 Å². The van der Waals surface area contributed by atoms with Gasteiger partial charge in [-0.25, -0.2) is 0 Å². The van der Waals surface area contributed by atoms with Gasteiger partial charge in [0.1, 0.15) is 67.1 Å². The fourth-order valence-corrected chi connectivity index (χ4v) is 8.20. The van der Waals surface area contributed by atoms with E-state index in [1.54, 1.807) is 0 Å².